The first-order valence-corrected chi connectivity index (χ1v) is 10.1. The number of H-pyrrole nitrogens is 1. The van der Waals surface area contributed by atoms with Gasteiger partial charge < -0.3 is 4.90 Å². The third kappa shape index (κ3) is 3.14. The summed E-state index contributed by atoms with van der Waals surface area (Å²) in [7, 11) is 0. The predicted molar refractivity (Wildman–Crippen MR) is 102 cm³/mol. The second kappa shape index (κ2) is 6.94. The molecule has 4 nitrogen and oxygen atoms in total. The Hall–Kier alpha value is -1.62. The van der Waals surface area contributed by atoms with Crippen LogP contribution in [0.4, 0.5) is 0 Å². The molecule has 4 rings (SSSR count). The normalized spacial score (nSPS) is 21.5. The van der Waals surface area contributed by atoms with E-state index in [9.17, 15) is 4.79 Å². The number of nitrogens with zero attached hydrogens (tertiary/aromatic N) is 2. The summed E-state index contributed by atoms with van der Waals surface area (Å²) < 4.78 is 0.874. The smallest absolute Gasteiger partial charge is 0.275 e. The molecule has 1 aliphatic carbocycles. The van der Waals surface area contributed by atoms with Crippen LogP contribution < -0.4 is 0 Å². The summed E-state index contributed by atoms with van der Waals surface area (Å²) in [6.07, 6.45) is 5.54. The molecule has 0 radical (unpaired) electrons. The summed E-state index contributed by atoms with van der Waals surface area (Å²) in [5.74, 6) is 0.991. The van der Waals surface area contributed by atoms with Crippen molar-refractivity contribution in [2.24, 2.45) is 0 Å². The number of aromatic amines is 1. The summed E-state index contributed by atoms with van der Waals surface area (Å²) in [6.45, 7) is 3.04. The highest BCUT2D eigenvalue weighted by molar-refractivity contribution is 9.10. The van der Waals surface area contributed by atoms with Gasteiger partial charge in [0.25, 0.3) is 5.91 Å². The highest BCUT2D eigenvalue weighted by atomic mass is 79.9. The van der Waals surface area contributed by atoms with Gasteiger partial charge in [0.15, 0.2) is 5.69 Å². The Kier molecular flexibility index (Phi) is 4.67. The van der Waals surface area contributed by atoms with Crippen LogP contribution in [-0.4, -0.2) is 33.6 Å². The number of amides is 1. The van der Waals surface area contributed by atoms with E-state index < -0.39 is 0 Å². The summed E-state index contributed by atoms with van der Waals surface area (Å²) >= 11 is 3.62. The van der Waals surface area contributed by atoms with Crippen molar-refractivity contribution in [3.8, 4) is 0 Å². The molecule has 25 heavy (non-hydrogen) atoms. The predicted octanol–water partition coefficient (Wildman–Crippen LogP) is 4.85. The fraction of sp³-hybridized carbons (Fsp3) is 0.500. The Balaban J connectivity index is 1.59. The van der Waals surface area contributed by atoms with Gasteiger partial charge in [-0.05, 0) is 53.6 Å². The van der Waals surface area contributed by atoms with E-state index in [4.69, 9.17) is 0 Å². The van der Waals surface area contributed by atoms with Gasteiger partial charge in [-0.1, -0.05) is 37.3 Å². The maximum Gasteiger partial charge on any atom is 0.275 e. The van der Waals surface area contributed by atoms with Crippen molar-refractivity contribution in [1.29, 1.82) is 0 Å². The van der Waals surface area contributed by atoms with Crippen LogP contribution in [0.2, 0.25) is 0 Å². The summed E-state index contributed by atoms with van der Waals surface area (Å²) in [4.78, 5) is 15.3. The number of carbonyl (C=O) groups excluding carboxylic acids is 1. The van der Waals surface area contributed by atoms with Gasteiger partial charge in [0, 0.05) is 24.4 Å². The number of hydrogen-bond acceptors (Lipinski definition) is 2. The first-order valence-electron chi connectivity index (χ1n) is 9.30. The number of halogens is 1. The van der Waals surface area contributed by atoms with Gasteiger partial charge >= 0.3 is 0 Å². The molecule has 1 aromatic carbocycles. The average Bonchev–Trinajstić information content (AvgIpc) is 3.23. The third-order valence-corrected chi connectivity index (χ3v) is 6.42. The first-order chi connectivity index (χ1) is 12.2. The van der Waals surface area contributed by atoms with E-state index in [2.05, 4.69) is 62.2 Å². The molecule has 2 aromatic rings. The van der Waals surface area contributed by atoms with Gasteiger partial charge in [-0.2, -0.15) is 5.10 Å². The average molecular weight is 402 g/mol. The van der Waals surface area contributed by atoms with Gasteiger partial charge in [0.2, 0.25) is 0 Å². The number of likely N-dealkylation sites (tertiary alicyclic amines) is 1. The van der Waals surface area contributed by atoms with Crippen LogP contribution in [0, 0.1) is 0 Å². The Bertz CT molecular complexity index is 754. The zero-order valence-corrected chi connectivity index (χ0v) is 16.1. The highest BCUT2D eigenvalue weighted by Gasteiger charge is 2.38. The molecule has 2 heterocycles. The lowest BCUT2D eigenvalue weighted by molar-refractivity contribution is 0.0707. The van der Waals surface area contributed by atoms with Crippen LogP contribution in [0.5, 0.6) is 0 Å². The summed E-state index contributed by atoms with van der Waals surface area (Å²) in [5.41, 5.74) is 2.97. The molecule has 2 fully saturated rings. The van der Waals surface area contributed by atoms with Gasteiger partial charge in [-0.15, -0.1) is 0 Å². The number of aromatic nitrogens is 2. The Morgan fingerprint density at radius 1 is 1.32 bits per heavy atom. The van der Waals surface area contributed by atoms with Crippen molar-refractivity contribution in [1.82, 2.24) is 15.1 Å². The van der Waals surface area contributed by atoms with E-state index in [0.717, 1.165) is 36.0 Å². The molecule has 132 valence electrons. The Labute approximate surface area is 157 Å². The third-order valence-electron chi connectivity index (χ3n) is 5.61. The topological polar surface area (TPSA) is 49.0 Å². The van der Waals surface area contributed by atoms with Gasteiger partial charge in [-0.25, -0.2) is 0 Å². The van der Waals surface area contributed by atoms with Crippen molar-refractivity contribution in [2.45, 2.75) is 56.9 Å². The van der Waals surface area contributed by atoms with Crippen molar-refractivity contribution in [3.05, 3.63) is 51.8 Å². The molecule has 1 saturated heterocycles. The molecule has 1 N–H and O–H groups in total. The maximum absolute atomic E-state index is 13.2. The molecule has 1 saturated carbocycles. The van der Waals surface area contributed by atoms with E-state index in [1.54, 1.807) is 0 Å². The number of rotatable bonds is 5. The molecule has 1 amide bonds. The molecule has 1 aliphatic heterocycles. The van der Waals surface area contributed by atoms with Gasteiger partial charge in [0.1, 0.15) is 0 Å². The second-order valence-electron chi connectivity index (χ2n) is 7.21. The van der Waals surface area contributed by atoms with Crippen molar-refractivity contribution in [3.63, 3.8) is 0 Å². The molecule has 2 atom stereocenters. The number of benzene rings is 1. The highest BCUT2D eigenvalue weighted by Crippen LogP contribution is 2.43. The molecular weight excluding hydrogens is 378 g/mol. The minimum Gasteiger partial charge on any atom is -0.334 e. The number of carbonyl (C=O) groups is 1. The lowest BCUT2D eigenvalue weighted by Gasteiger charge is -2.31. The van der Waals surface area contributed by atoms with Crippen LogP contribution in [-0.2, 0) is 0 Å². The zero-order valence-electron chi connectivity index (χ0n) is 14.5. The van der Waals surface area contributed by atoms with E-state index in [1.165, 1.54) is 18.4 Å². The number of nitrogens with one attached hydrogen (secondary N) is 1. The maximum atomic E-state index is 13.2. The minimum absolute atomic E-state index is 0.0620. The van der Waals surface area contributed by atoms with E-state index in [1.807, 2.05) is 6.07 Å². The monoisotopic (exact) mass is 401 g/mol. The van der Waals surface area contributed by atoms with Crippen LogP contribution >= 0.6 is 15.9 Å². The van der Waals surface area contributed by atoms with E-state index >= 15 is 0 Å². The SMILES string of the molecule is CC[C@H](c1ccccc1)[C@H]1CCCN1C(=O)c1n[nH]c(C2CC2)c1Br. The largest absolute Gasteiger partial charge is 0.334 e. The van der Waals surface area contributed by atoms with Crippen molar-refractivity contribution >= 4 is 21.8 Å². The molecule has 1 aromatic heterocycles. The molecule has 0 unspecified atom stereocenters. The van der Waals surface area contributed by atoms with Crippen LogP contribution in [0.25, 0.3) is 0 Å². The molecule has 0 spiro atoms. The number of hydrogen-bond donors (Lipinski definition) is 1. The van der Waals surface area contributed by atoms with Crippen molar-refractivity contribution in [2.75, 3.05) is 6.54 Å². The summed E-state index contributed by atoms with van der Waals surface area (Å²) in [6, 6.07) is 10.9. The standard InChI is InChI=1S/C20H24BrN3O/c1-2-15(13-7-4-3-5-8-13)16-9-6-12-24(16)20(25)19-17(21)18(22-23-19)14-10-11-14/h3-5,7-8,14-16H,2,6,9-12H2,1H3,(H,22,23)/t15-,16-/m1/s1. The van der Waals surface area contributed by atoms with Gasteiger partial charge in [-0.3, -0.25) is 9.89 Å². The van der Waals surface area contributed by atoms with Crippen LogP contribution in [0.1, 0.15) is 72.6 Å². The Morgan fingerprint density at radius 3 is 2.76 bits per heavy atom. The minimum atomic E-state index is 0.0620. The lowest BCUT2D eigenvalue weighted by atomic mass is 9.87. The zero-order chi connectivity index (χ0) is 17.4. The van der Waals surface area contributed by atoms with Crippen molar-refractivity contribution < 1.29 is 4.79 Å². The fourth-order valence-corrected chi connectivity index (χ4v) is 4.83. The molecular formula is C20H24BrN3O. The molecule has 0 bridgehead atoms. The van der Waals surface area contributed by atoms with E-state index in [0.29, 0.717) is 17.5 Å². The Morgan fingerprint density at radius 2 is 2.08 bits per heavy atom. The fourth-order valence-electron chi connectivity index (χ4n) is 4.16. The van der Waals surface area contributed by atoms with Crippen LogP contribution in [0.3, 0.4) is 0 Å². The molecule has 2 aliphatic rings. The first kappa shape index (κ1) is 16.8. The summed E-state index contributed by atoms with van der Waals surface area (Å²) in [5, 5.41) is 7.44. The van der Waals surface area contributed by atoms with E-state index in [-0.39, 0.29) is 11.9 Å². The second-order valence-corrected chi connectivity index (χ2v) is 8.00. The quantitative estimate of drug-likeness (QED) is 0.778. The van der Waals surface area contributed by atoms with Crippen LogP contribution in [0.15, 0.2) is 34.8 Å². The van der Waals surface area contributed by atoms with Gasteiger partial charge in [0.05, 0.1) is 10.2 Å². The lowest BCUT2D eigenvalue weighted by Crippen LogP contribution is -2.39. The molecule has 5 heteroatoms.